The first-order valence-corrected chi connectivity index (χ1v) is 8.22. The summed E-state index contributed by atoms with van der Waals surface area (Å²) in [6.45, 7) is 7.81. The van der Waals surface area contributed by atoms with Gasteiger partial charge in [0.25, 0.3) is 0 Å². The molecular weight excluding hydrogens is 252 g/mol. The third-order valence-electron chi connectivity index (χ3n) is 2.72. The fraction of sp³-hybridized carbons (Fsp3) is 0.889. The molecule has 0 fully saturated rings. The van der Waals surface area contributed by atoms with Crippen LogP contribution >= 0.6 is 0 Å². The highest BCUT2D eigenvalue weighted by molar-refractivity contribution is 8.10. The topological polar surface area (TPSA) is 85.3 Å². The number of carbonyl (C=O) groups is 1. The first kappa shape index (κ1) is 17.9. The third-order valence-corrected chi connectivity index (χ3v) is 8.97. The van der Waals surface area contributed by atoms with Crippen LogP contribution in [0.2, 0.25) is 0 Å². The van der Waals surface area contributed by atoms with E-state index in [2.05, 4.69) is 0 Å². The van der Waals surface area contributed by atoms with Crippen molar-refractivity contribution in [3.05, 3.63) is 0 Å². The molecule has 0 radical (unpaired) electrons. The first-order valence-electron chi connectivity index (χ1n) is 4.92. The van der Waals surface area contributed by atoms with E-state index in [1.807, 2.05) is 6.79 Å². The number of carbonyl (C=O) groups excluding carboxylic acids is 1. The predicted octanol–water partition coefficient (Wildman–Crippen LogP) is 0.797. The number of hydrogen-bond acceptors (Lipinski definition) is 5. The van der Waals surface area contributed by atoms with E-state index in [1.54, 1.807) is 6.92 Å². The Bertz CT molecular complexity index is 360. The summed E-state index contributed by atoms with van der Waals surface area (Å²) in [6.07, 6.45) is 0.0966. The Morgan fingerprint density at radius 2 is 1.12 bits per heavy atom. The Morgan fingerprint density at radius 1 is 0.875 bits per heavy atom. The zero-order valence-electron chi connectivity index (χ0n) is 10.2. The van der Waals surface area contributed by atoms with Crippen LogP contribution in [0.5, 0.6) is 0 Å². The van der Waals surface area contributed by atoms with E-state index >= 15 is 0 Å². The van der Waals surface area contributed by atoms with E-state index in [0.717, 1.165) is 0 Å². The molecule has 0 rings (SSSR count). The van der Waals surface area contributed by atoms with Crippen LogP contribution in [0, 0.1) is 0 Å². The normalized spacial score (nSPS) is 12.8. The summed E-state index contributed by atoms with van der Waals surface area (Å²) < 4.78 is 45.1. The van der Waals surface area contributed by atoms with Crippen molar-refractivity contribution in [1.29, 1.82) is 0 Å². The minimum absolute atomic E-state index is 0.0966. The highest BCUT2D eigenvalue weighted by Gasteiger charge is 2.47. The highest BCUT2D eigenvalue weighted by atomic mass is 32.3. The molecule has 0 saturated heterocycles. The summed E-state index contributed by atoms with van der Waals surface area (Å²) in [4.78, 5) is 8.00. The van der Waals surface area contributed by atoms with Crippen LogP contribution in [0.25, 0.3) is 0 Å². The molecular formula is C9H20O5S2. The van der Waals surface area contributed by atoms with Crippen LogP contribution in [0.3, 0.4) is 0 Å². The van der Waals surface area contributed by atoms with Gasteiger partial charge in [0.1, 0.15) is 6.79 Å². The van der Waals surface area contributed by atoms with Crippen molar-refractivity contribution < 1.29 is 21.6 Å². The van der Waals surface area contributed by atoms with Crippen LogP contribution in [0.1, 0.15) is 34.1 Å². The molecule has 0 aromatic heterocycles. The maximum Gasteiger partial charge on any atom is 0.170 e. The molecule has 7 heteroatoms. The summed E-state index contributed by atoms with van der Waals surface area (Å²) in [6, 6.07) is 0. The summed E-state index contributed by atoms with van der Waals surface area (Å²) in [5.41, 5.74) is 0. The van der Waals surface area contributed by atoms with E-state index in [9.17, 15) is 16.8 Å². The van der Waals surface area contributed by atoms with Crippen molar-refractivity contribution in [3.8, 4) is 0 Å². The molecule has 0 aliphatic carbocycles. The molecule has 0 heterocycles. The fourth-order valence-corrected chi connectivity index (χ4v) is 5.60. The average molecular weight is 272 g/mol. The van der Waals surface area contributed by atoms with Crippen molar-refractivity contribution in [2.45, 2.75) is 38.2 Å². The van der Waals surface area contributed by atoms with Gasteiger partial charge < -0.3 is 4.79 Å². The predicted molar refractivity (Wildman–Crippen MR) is 64.7 cm³/mol. The Labute approximate surface area is 98.1 Å². The number of hydrogen-bond donors (Lipinski definition) is 0. The Kier molecular flexibility index (Phi) is 7.11. The molecule has 0 aromatic carbocycles. The zero-order chi connectivity index (χ0) is 13.6. The van der Waals surface area contributed by atoms with Crippen molar-refractivity contribution in [3.63, 3.8) is 0 Å². The van der Waals surface area contributed by atoms with E-state index in [1.165, 1.54) is 20.8 Å². The monoisotopic (exact) mass is 272 g/mol. The molecule has 98 valence electrons. The molecule has 0 atom stereocenters. The molecule has 0 aliphatic rings. The molecule has 0 aromatic rings. The first-order chi connectivity index (χ1) is 7.18. The summed E-state index contributed by atoms with van der Waals surface area (Å²) >= 11 is 0. The second kappa shape index (κ2) is 6.34. The lowest BCUT2D eigenvalue weighted by atomic mass is 10.4. The zero-order valence-corrected chi connectivity index (χ0v) is 11.8. The van der Waals surface area contributed by atoms with Gasteiger partial charge >= 0.3 is 0 Å². The molecule has 0 unspecified atom stereocenters. The van der Waals surface area contributed by atoms with Crippen LogP contribution in [-0.2, 0) is 24.5 Å². The second-order valence-electron chi connectivity index (χ2n) is 3.29. The SMILES string of the molecule is C=O.CCC(C)(S(=O)(=O)CC)S(=O)(=O)CC. The summed E-state index contributed by atoms with van der Waals surface area (Å²) in [5.74, 6) is -0.285. The molecule has 0 N–H and O–H groups in total. The van der Waals surface area contributed by atoms with E-state index < -0.39 is 23.8 Å². The van der Waals surface area contributed by atoms with Gasteiger partial charge in [-0.2, -0.15) is 0 Å². The van der Waals surface area contributed by atoms with Crippen LogP contribution < -0.4 is 0 Å². The molecule has 0 spiro atoms. The quantitative estimate of drug-likeness (QED) is 0.739. The van der Waals surface area contributed by atoms with E-state index in [0.29, 0.717) is 0 Å². The minimum atomic E-state index is -3.57. The Balaban J connectivity index is 0. The largest absolute Gasteiger partial charge is 0.307 e. The molecule has 0 aliphatic heterocycles. The molecule has 16 heavy (non-hydrogen) atoms. The third kappa shape index (κ3) is 3.04. The van der Waals surface area contributed by atoms with Gasteiger partial charge in [-0.05, 0) is 13.3 Å². The lowest BCUT2D eigenvalue weighted by Crippen LogP contribution is -2.44. The van der Waals surface area contributed by atoms with Gasteiger partial charge in [-0.15, -0.1) is 0 Å². The van der Waals surface area contributed by atoms with E-state index in [-0.39, 0.29) is 17.9 Å². The van der Waals surface area contributed by atoms with Crippen molar-refractivity contribution in [2.75, 3.05) is 11.5 Å². The highest BCUT2D eigenvalue weighted by Crippen LogP contribution is 2.29. The summed E-state index contributed by atoms with van der Waals surface area (Å²) in [7, 11) is -7.14. The Hall–Kier alpha value is -0.430. The summed E-state index contributed by atoms with van der Waals surface area (Å²) in [5, 5.41) is 0. The average Bonchev–Trinajstić information content (AvgIpc) is 2.29. The van der Waals surface area contributed by atoms with Crippen molar-refractivity contribution in [1.82, 2.24) is 0 Å². The van der Waals surface area contributed by atoms with E-state index in [4.69, 9.17) is 4.79 Å². The smallest absolute Gasteiger partial charge is 0.170 e. The maximum absolute atomic E-state index is 11.7. The van der Waals surface area contributed by atoms with Crippen LogP contribution in [0.15, 0.2) is 0 Å². The lowest BCUT2D eigenvalue weighted by molar-refractivity contribution is -0.0979. The van der Waals surface area contributed by atoms with Crippen LogP contribution in [-0.4, -0.2) is 39.2 Å². The van der Waals surface area contributed by atoms with Crippen molar-refractivity contribution >= 4 is 26.5 Å². The maximum atomic E-state index is 11.7. The van der Waals surface area contributed by atoms with Gasteiger partial charge in [0, 0.05) is 11.5 Å². The standard InChI is InChI=1S/C8H18O4S2.CH2O/c1-5-8(4,13(9,10)6-2)14(11,12)7-3;1-2/h5-7H2,1-4H3;1H2. The van der Waals surface area contributed by atoms with Crippen LogP contribution in [0.4, 0.5) is 0 Å². The van der Waals surface area contributed by atoms with Crippen molar-refractivity contribution in [2.24, 2.45) is 0 Å². The van der Waals surface area contributed by atoms with Gasteiger partial charge in [-0.1, -0.05) is 20.8 Å². The second-order valence-corrected chi connectivity index (χ2v) is 8.97. The lowest BCUT2D eigenvalue weighted by Gasteiger charge is -2.26. The fourth-order valence-electron chi connectivity index (χ4n) is 1.24. The Morgan fingerprint density at radius 3 is 1.25 bits per heavy atom. The number of sulfone groups is 2. The van der Waals surface area contributed by atoms with Gasteiger partial charge in [0.05, 0.1) is 0 Å². The minimum Gasteiger partial charge on any atom is -0.307 e. The molecule has 0 bridgehead atoms. The number of rotatable bonds is 5. The molecule has 0 saturated carbocycles. The molecule has 5 nitrogen and oxygen atoms in total. The molecule has 0 amide bonds. The van der Waals surface area contributed by atoms with Gasteiger partial charge in [-0.3, -0.25) is 0 Å². The van der Waals surface area contributed by atoms with Gasteiger partial charge in [0.2, 0.25) is 0 Å². The van der Waals surface area contributed by atoms with Gasteiger partial charge in [0.15, 0.2) is 23.8 Å². The van der Waals surface area contributed by atoms with Gasteiger partial charge in [-0.25, -0.2) is 16.8 Å².